The molecule has 0 aliphatic rings. The molecular formula is C33H29ClN2O2. The number of hydrogen-bond acceptors (Lipinski definition) is 2. The van der Waals surface area contributed by atoms with Gasteiger partial charge in [0, 0.05) is 54.6 Å². The summed E-state index contributed by atoms with van der Waals surface area (Å²) in [5.41, 5.74) is 9.69. The second kappa shape index (κ2) is 9.62. The van der Waals surface area contributed by atoms with Gasteiger partial charge in [-0.2, -0.15) is 0 Å². The highest BCUT2D eigenvalue weighted by molar-refractivity contribution is 6.36. The number of benzene rings is 4. The summed E-state index contributed by atoms with van der Waals surface area (Å²) in [5, 5.41) is 4.18. The SMILES string of the molecule is CC/C=C\c1c(C)[nH]c2c(-c3ccc(OC)c(OC)c3)c(-c3ccccc3Cl)c3c4ccccc4[nH]c3c12. The zero-order valence-electron chi connectivity index (χ0n) is 21.9. The molecule has 0 spiro atoms. The number of halogens is 1. The van der Waals surface area contributed by atoms with Crippen molar-refractivity contribution in [3.63, 3.8) is 0 Å². The zero-order valence-corrected chi connectivity index (χ0v) is 22.7. The second-order valence-electron chi connectivity index (χ2n) is 9.44. The van der Waals surface area contributed by atoms with Gasteiger partial charge in [0.1, 0.15) is 0 Å². The van der Waals surface area contributed by atoms with E-state index in [1.54, 1.807) is 14.2 Å². The molecule has 0 radical (unpaired) electrons. The molecule has 6 rings (SSSR count). The number of methoxy groups -OCH3 is 2. The fraction of sp³-hybridized carbons (Fsp3) is 0.152. The van der Waals surface area contributed by atoms with Crippen LogP contribution in [-0.4, -0.2) is 24.2 Å². The van der Waals surface area contributed by atoms with Gasteiger partial charge in [0.15, 0.2) is 11.5 Å². The Hall–Kier alpha value is -4.15. The Morgan fingerprint density at radius 1 is 0.816 bits per heavy atom. The van der Waals surface area contributed by atoms with Gasteiger partial charge in [0.05, 0.1) is 25.3 Å². The maximum absolute atomic E-state index is 6.92. The molecule has 4 aromatic carbocycles. The molecule has 0 amide bonds. The van der Waals surface area contributed by atoms with Gasteiger partial charge < -0.3 is 19.4 Å². The summed E-state index contributed by atoms with van der Waals surface area (Å²) in [4.78, 5) is 7.51. The number of para-hydroxylation sites is 1. The first-order valence-corrected chi connectivity index (χ1v) is 13.2. The van der Waals surface area contributed by atoms with Crippen molar-refractivity contribution in [3.05, 3.63) is 89.1 Å². The first kappa shape index (κ1) is 24.2. The summed E-state index contributed by atoms with van der Waals surface area (Å²) in [6.45, 7) is 4.29. The average Bonchev–Trinajstić information content (AvgIpc) is 3.48. The Kier molecular flexibility index (Phi) is 6.13. The monoisotopic (exact) mass is 520 g/mol. The highest BCUT2D eigenvalue weighted by atomic mass is 35.5. The van der Waals surface area contributed by atoms with Crippen molar-refractivity contribution in [2.45, 2.75) is 20.3 Å². The number of rotatable bonds is 6. The molecule has 5 heteroatoms. The van der Waals surface area contributed by atoms with Crippen molar-refractivity contribution in [2.24, 2.45) is 0 Å². The summed E-state index contributed by atoms with van der Waals surface area (Å²) in [6.07, 6.45) is 5.40. The summed E-state index contributed by atoms with van der Waals surface area (Å²) < 4.78 is 11.3. The van der Waals surface area contributed by atoms with E-state index in [2.05, 4.69) is 72.4 Å². The minimum atomic E-state index is 0.677. The maximum Gasteiger partial charge on any atom is 0.161 e. The van der Waals surface area contributed by atoms with Crippen LogP contribution in [0, 0.1) is 6.92 Å². The lowest BCUT2D eigenvalue weighted by molar-refractivity contribution is 0.355. The molecule has 38 heavy (non-hydrogen) atoms. The smallest absolute Gasteiger partial charge is 0.161 e. The standard InChI is InChI=1S/C33H29ClN2O2/c1-5-6-11-21-19(2)35-32-28(20-16-17-26(37-3)27(18-20)38-4)29(22-12-7-9-14-24(22)34)30-23-13-8-10-15-25(23)36-33(30)31(21)32/h6-18,35-36H,5H2,1-4H3/b11-6-. The number of aromatic nitrogens is 2. The number of allylic oxidation sites excluding steroid dienone is 1. The van der Waals surface area contributed by atoms with Crippen LogP contribution in [0.15, 0.2) is 72.8 Å². The van der Waals surface area contributed by atoms with E-state index in [9.17, 15) is 0 Å². The Balaban J connectivity index is 1.90. The van der Waals surface area contributed by atoms with Crippen molar-refractivity contribution in [1.82, 2.24) is 9.97 Å². The van der Waals surface area contributed by atoms with Gasteiger partial charge in [-0.1, -0.05) is 73.1 Å². The van der Waals surface area contributed by atoms with Crippen LogP contribution in [0.5, 0.6) is 11.5 Å². The fourth-order valence-corrected chi connectivity index (χ4v) is 5.81. The van der Waals surface area contributed by atoms with Crippen molar-refractivity contribution < 1.29 is 9.47 Å². The zero-order chi connectivity index (χ0) is 26.4. The van der Waals surface area contributed by atoms with Crippen molar-refractivity contribution in [2.75, 3.05) is 14.2 Å². The summed E-state index contributed by atoms with van der Waals surface area (Å²) in [6, 6.07) is 22.6. The minimum absolute atomic E-state index is 0.677. The number of fused-ring (bicyclic) bond motifs is 5. The average molecular weight is 521 g/mol. The number of aryl methyl sites for hydroxylation is 1. The molecule has 4 nitrogen and oxygen atoms in total. The molecule has 0 bridgehead atoms. The van der Waals surface area contributed by atoms with Crippen molar-refractivity contribution >= 4 is 50.4 Å². The van der Waals surface area contributed by atoms with E-state index in [1.165, 1.54) is 10.9 Å². The minimum Gasteiger partial charge on any atom is -0.493 e. The molecular weight excluding hydrogens is 492 g/mol. The lowest BCUT2D eigenvalue weighted by atomic mass is 9.87. The lowest BCUT2D eigenvalue weighted by Gasteiger charge is -2.17. The molecule has 0 atom stereocenters. The molecule has 6 aromatic rings. The number of nitrogens with one attached hydrogen (secondary N) is 2. The Bertz CT molecular complexity index is 1860. The van der Waals surface area contributed by atoms with Crippen LogP contribution in [0.3, 0.4) is 0 Å². The topological polar surface area (TPSA) is 50.0 Å². The van der Waals surface area contributed by atoms with E-state index >= 15 is 0 Å². The normalized spacial score (nSPS) is 11.8. The predicted molar refractivity (Wildman–Crippen MR) is 161 cm³/mol. The van der Waals surface area contributed by atoms with E-state index in [0.717, 1.165) is 61.7 Å². The summed E-state index contributed by atoms with van der Waals surface area (Å²) >= 11 is 6.92. The van der Waals surface area contributed by atoms with E-state index in [0.29, 0.717) is 16.5 Å². The second-order valence-corrected chi connectivity index (χ2v) is 9.85. The Morgan fingerprint density at radius 2 is 1.58 bits per heavy atom. The van der Waals surface area contributed by atoms with Crippen LogP contribution in [0.2, 0.25) is 5.02 Å². The molecule has 2 heterocycles. The van der Waals surface area contributed by atoms with Gasteiger partial charge in [-0.15, -0.1) is 0 Å². The Labute approximate surface area is 226 Å². The van der Waals surface area contributed by atoms with Crippen LogP contribution < -0.4 is 9.47 Å². The van der Waals surface area contributed by atoms with Crippen molar-refractivity contribution in [3.8, 4) is 33.8 Å². The molecule has 0 aliphatic heterocycles. The molecule has 0 fully saturated rings. The van der Waals surface area contributed by atoms with Crippen LogP contribution in [0.1, 0.15) is 24.6 Å². The molecule has 0 saturated carbocycles. The quantitative estimate of drug-likeness (QED) is 0.230. The van der Waals surface area contributed by atoms with Gasteiger partial charge in [0.2, 0.25) is 0 Å². The van der Waals surface area contributed by atoms with Crippen LogP contribution >= 0.6 is 11.6 Å². The molecule has 0 unspecified atom stereocenters. The fourth-order valence-electron chi connectivity index (χ4n) is 5.58. The summed E-state index contributed by atoms with van der Waals surface area (Å²) in [5.74, 6) is 1.37. The van der Waals surface area contributed by atoms with Crippen LogP contribution in [0.4, 0.5) is 0 Å². The molecule has 0 aliphatic carbocycles. The molecule has 0 saturated heterocycles. The number of H-pyrrole nitrogens is 2. The molecule has 190 valence electrons. The Morgan fingerprint density at radius 3 is 2.34 bits per heavy atom. The maximum atomic E-state index is 6.92. The van der Waals surface area contributed by atoms with Gasteiger partial charge in [-0.05, 0) is 43.2 Å². The first-order valence-electron chi connectivity index (χ1n) is 12.8. The number of aromatic amines is 2. The third kappa shape index (κ3) is 3.67. The largest absolute Gasteiger partial charge is 0.493 e. The van der Waals surface area contributed by atoms with E-state index in [4.69, 9.17) is 21.1 Å². The third-order valence-corrected chi connectivity index (χ3v) is 7.61. The van der Waals surface area contributed by atoms with Crippen LogP contribution in [-0.2, 0) is 0 Å². The predicted octanol–water partition coefficient (Wildman–Crippen LogP) is 9.54. The highest BCUT2D eigenvalue weighted by Crippen LogP contribution is 2.50. The van der Waals surface area contributed by atoms with E-state index < -0.39 is 0 Å². The van der Waals surface area contributed by atoms with Gasteiger partial charge >= 0.3 is 0 Å². The van der Waals surface area contributed by atoms with Crippen molar-refractivity contribution in [1.29, 1.82) is 0 Å². The van der Waals surface area contributed by atoms with E-state index in [1.807, 2.05) is 30.3 Å². The number of ether oxygens (including phenoxy) is 2. The van der Waals surface area contributed by atoms with Gasteiger partial charge in [-0.3, -0.25) is 0 Å². The third-order valence-electron chi connectivity index (χ3n) is 7.28. The molecule has 2 N–H and O–H groups in total. The molecule has 2 aromatic heterocycles. The van der Waals surface area contributed by atoms with Gasteiger partial charge in [-0.25, -0.2) is 0 Å². The van der Waals surface area contributed by atoms with E-state index in [-0.39, 0.29) is 0 Å². The first-order chi connectivity index (χ1) is 18.6. The lowest BCUT2D eigenvalue weighted by Crippen LogP contribution is -1.94. The number of hydrogen-bond donors (Lipinski definition) is 2. The van der Waals surface area contributed by atoms with Crippen LogP contribution in [0.25, 0.3) is 61.0 Å². The highest BCUT2D eigenvalue weighted by Gasteiger charge is 2.25. The summed E-state index contributed by atoms with van der Waals surface area (Å²) in [7, 11) is 3.32. The van der Waals surface area contributed by atoms with Gasteiger partial charge in [0.25, 0.3) is 0 Å².